The summed E-state index contributed by atoms with van der Waals surface area (Å²) in [7, 11) is 0. The molecule has 0 saturated heterocycles. The van der Waals surface area contributed by atoms with Crippen LogP contribution < -0.4 is 0 Å². The highest BCUT2D eigenvalue weighted by atomic mass is 19.2. The highest BCUT2D eigenvalue weighted by Crippen LogP contribution is 2.13. The molecule has 0 amide bonds. The van der Waals surface area contributed by atoms with E-state index in [0.717, 1.165) is 6.07 Å². The Hall–Kier alpha value is -1.30. The van der Waals surface area contributed by atoms with Gasteiger partial charge in [-0.1, -0.05) is 6.07 Å². The molecule has 1 N–H and O–H groups in total. The molecular formula is C6H2F2O. The second-order valence-corrected chi connectivity index (χ2v) is 1.43. The second kappa shape index (κ2) is 1.90. The molecule has 1 rings (SSSR count). The van der Waals surface area contributed by atoms with Crippen LogP contribution >= 0.6 is 0 Å². The molecule has 3 heteroatoms. The summed E-state index contributed by atoms with van der Waals surface area (Å²) in [4.78, 5) is 0. The molecule has 0 aliphatic carbocycles. The minimum atomic E-state index is -1.28. The minimum Gasteiger partial charge on any atom is -0.504 e. The molecule has 9 heavy (non-hydrogen) atoms. The summed E-state index contributed by atoms with van der Waals surface area (Å²) in [5.41, 5.74) is 0. The highest BCUT2D eigenvalue weighted by molar-refractivity contribution is 5.18. The van der Waals surface area contributed by atoms with E-state index in [1.54, 1.807) is 0 Å². The third-order valence-corrected chi connectivity index (χ3v) is 0.808. The third-order valence-electron chi connectivity index (χ3n) is 0.808. The van der Waals surface area contributed by atoms with Crippen LogP contribution in [0.5, 0.6) is 5.75 Å². The lowest BCUT2D eigenvalue weighted by molar-refractivity contribution is 0.408. The quantitative estimate of drug-likeness (QED) is 0.557. The monoisotopic (exact) mass is 128 g/mol. The number of rotatable bonds is 0. The van der Waals surface area contributed by atoms with Crippen molar-refractivity contribution in [2.75, 3.05) is 0 Å². The van der Waals surface area contributed by atoms with E-state index in [-0.39, 0.29) is 0 Å². The van der Waals surface area contributed by atoms with Gasteiger partial charge in [0.15, 0.2) is 5.75 Å². The van der Waals surface area contributed by atoms with Gasteiger partial charge in [0, 0.05) is 6.07 Å². The van der Waals surface area contributed by atoms with E-state index >= 15 is 0 Å². The SMILES string of the molecule is Oc1cc#cc(F)c1F. The fourth-order valence-electron chi connectivity index (χ4n) is 0.398. The minimum absolute atomic E-state index is 0.744. The highest BCUT2D eigenvalue weighted by Gasteiger charge is 2.03. The normalized spacial score (nSPS) is 8.67. The first-order chi connectivity index (χ1) is 4.22. The maximum absolute atomic E-state index is 12.1. The van der Waals surface area contributed by atoms with Gasteiger partial charge in [0.25, 0.3) is 0 Å². The third kappa shape index (κ3) is 0.918. The van der Waals surface area contributed by atoms with E-state index in [4.69, 9.17) is 5.11 Å². The largest absolute Gasteiger partial charge is 0.504 e. The van der Waals surface area contributed by atoms with Gasteiger partial charge >= 0.3 is 0 Å². The van der Waals surface area contributed by atoms with Gasteiger partial charge in [0.05, 0.1) is 0 Å². The topological polar surface area (TPSA) is 20.2 Å². The summed E-state index contributed by atoms with van der Waals surface area (Å²) in [6.07, 6.45) is 0. The van der Waals surface area contributed by atoms with E-state index in [1.807, 2.05) is 6.07 Å². The summed E-state index contributed by atoms with van der Waals surface area (Å²) >= 11 is 0. The van der Waals surface area contributed by atoms with E-state index in [0.29, 0.717) is 0 Å². The Balaban J connectivity index is 3.25. The zero-order chi connectivity index (χ0) is 6.85. The standard InChI is InChI=1S/C6H2F2O/c7-4-2-1-3-5(9)6(4)8/h3,9H. The maximum Gasteiger partial charge on any atom is 0.213 e. The Morgan fingerprint density at radius 3 is 2.56 bits per heavy atom. The first-order valence-corrected chi connectivity index (χ1v) is 2.18. The summed E-state index contributed by atoms with van der Waals surface area (Å²) in [6.45, 7) is 0. The van der Waals surface area contributed by atoms with Crippen molar-refractivity contribution < 1.29 is 13.9 Å². The molecule has 0 saturated carbocycles. The van der Waals surface area contributed by atoms with Gasteiger partial charge in [-0.2, -0.15) is 8.78 Å². The molecule has 0 spiro atoms. The van der Waals surface area contributed by atoms with Gasteiger partial charge in [0.1, 0.15) is 0 Å². The van der Waals surface area contributed by atoms with Crippen LogP contribution in [0.1, 0.15) is 0 Å². The summed E-state index contributed by atoms with van der Waals surface area (Å²) in [5.74, 6) is -3.24. The molecule has 0 radical (unpaired) electrons. The lowest BCUT2D eigenvalue weighted by atomic mass is 10.4. The molecule has 1 nitrogen and oxygen atoms in total. The van der Waals surface area contributed by atoms with Crippen molar-refractivity contribution in [2.45, 2.75) is 0 Å². The van der Waals surface area contributed by atoms with Gasteiger partial charge in [-0.15, -0.1) is 0 Å². The van der Waals surface area contributed by atoms with Crippen molar-refractivity contribution in [3.63, 3.8) is 0 Å². The van der Waals surface area contributed by atoms with Crippen molar-refractivity contribution in [2.24, 2.45) is 0 Å². The van der Waals surface area contributed by atoms with Crippen molar-refractivity contribution >= 4 is 0 Å². The Morgan fingerprint density at radius 1 is 1.44 bits per heavy atom. The van der Waals surface area contributed by atoms with Gasteiger partial charge in [-0.25, -0.2) is 0 Å². The number of hydrogen-bond donors (Lipinski definition) is 1. The lowest BCUT2D eigenvalue weighted by Crippen LogP contribution is -1.79. The van der Waals surface area contributed by atoms with Crippen molar-refractivity contribution in [3.8, 4) is 5.75 Å². The average molecular weight is 128 g/mol. The van der Waals surface area contributed by atoms with Gasteiger partial charge in [0.2, 0.25) is 11.6 Å². The van der Waals surface area contributed by atoms with Gasteiger partial charge in [-0.05, 0) is 6.07 Å². The van der Waals surface area contributed by atoms with Crippen LogP contribution in [0.4, 0.5) is 8.78 Å². The zero-order valence-electron chi connectivity index (χ0n) is 4.28. The molecule has 0 atom stereocenters. The van der Waals surface area contributed by atoms with E-state index in [9.17, 15) is 8.78 Å². The molecule has 1 aromatic carbocycles. The van der Waals surface area contributed by atoms with Crippen molar-refractivity contribution in [1.29, 1.82) is 0 Å². The fraction of sp³-hybridized carbons (Fsp3) is 0. The Morgan fingerprint density at radius 2 is 2.11 bits per heavy atom. The molecule has 1 aromatic rings. The molecular weight excluding hydrogens is 126 g/mol. The number of hydrogen-bond acceptors (Lipinski definition) is 1. The summed E-state index contributed by atoms with van der Waals surface area (Å²) < 4.78 is 24.0. The predicted octanol–water partition coefficient (Wildman–Crippen LogP) is 1.27. The number of halogens is 2. The molecule has 0 bridgehead atoms. The number of aromatic hydroxyl groups is 1. The molecule has 0 aliphatic heterocycles. The molecule has 0 aliphatic rings. The molecule has 46 valence electrons. The molecule has 0 fully saturated rings. The second-order valence-electron chi connectivity index (χ2n) is 1.43. The predicted molar refractivity (Wildman–Crippen MR) is 25.7 cm³/mol. The van der Waals surface area contributed by atoms with Crippen LogP contribution in [0, 0.1) is 23.8 Å². The van der Waals surface area contributed by atoms with E-state index in [2.05, 4.69) is 6.07 Å². The average Bonchev–Trinajstić information content (AvgIpc) is 1.83. The molecule has 0 heterocycles. The van der Waals surface area contributed by atoms with E-state index in [1.165, 1.54) is 0 Å². The first kappa shape index (κ1) is 5.83. The van der Waals surface area contributed by atoms with E-state index < -0.39 is 17.4 Å². The van der Waals surface area contributed by atoms with Crippen LogP contribution in [0.25, 0.3) is 0 Å². The van der Waals surface area contributed by atoms with Crippen LogP contribution in [0.15, 0.2) is 6.07 Å². The van der Waals surface area contributed by atoms with Crippen LogP contribution in [-0.2, 0) is 0 Å². The van der Waals surface area contributed by atoms with Gasteiger partial charge < -0.3 is 5.11 Å². The van der Waals surface area contributed by atoms with Crippen LogP contribution in [0.3, 0.4) is 0 Å². The summed E-state index contributed by atoms with van der Waals surface area (Å²) in [6, 6.07) is 4.79. The van der Waals surface area contributed by atoms with Crippen molar-refractivity contribution in [3.05, 3.63) is 29.8 Å². The molecule has 0 unspecified atom stereocenters. The smallest absolute Gasteiger partial charge is 0.213 e. The van der Waals surface area contributed by atoms with Crippen LogP contribution in [0.2, 0.25) is 0 Å². The summed E-state index contributed by atoms with van der Waals surface area (Å²) in [5, 5.41) is 8.43. The maximum atomic E-state index is 12.1. The molecule has 0 aromatic heterocycles. The Bertz CT molecular complexity index is 202. The van der Waals surface area contributed by atoms with Crippen LogP contribution in [-0.4, -0.2) is 5.11 Å². The zero-order valence-corrected chi connectivity index (χ0v) is 4.28. The fourth-order valence-corrected chi connectivity index (χ4v) is 0.398. The first-order valence-electron chi connectivity index (χ1n) is 2.18. The van der Waals surface area contributed by atoms with Crippen molar-refractivity contribution in [1.82, 2.24) is 0 Å². The van der Waals surface area contributed by atoms with Gasteiger partial charge in [-0.3, -0.25) is 0 Å². The Kier molecular flexibility index (Phi) is 1.23. The lowest BCUT2D eigenvalue weighted by Gasteiger charge is -1.88. The Labute approximate surface area is 50.6 Å².